The molecule has 1 fully saturated rings. The molecule has 0 spiro atoms. The molecule has 4 N–H and O–H groups in total. The number of amides is 4. The van der Waals surface area contributed by atoms with Crippen molar-refractivity contribution < 1.29 is 14.4 Å². The van der Waals surface area contributed by atoms with Gasteiger partial charge in [-0.05, 0) is 31.5 Å². The van der Waals surface area contributed by atoms with Crippen LogP contribution in [0, 0.1) is 5.92 Å². The Hall–Kier alpha value is -2.41. The molecule has 4 amide bonds. The van der Waals surface area contributed by atoms with Crippen LogP contribution in [0.15, 0.2) is 30.3 Å². The van der Waals surface area contributed by atoms with Gasteiger partial charge in [0.25, 0.3) is 0 Å². The Bertz CT molecular complexity index is 568. The zero-order valence-electron chi connectivity index (χ0n) is 13.1. The number of nitrogens with two attached hydrogens (primary N) is 1. The Kier molecular flexibility index (Phi) is 5.70. The molecular weight excluding hydrogens is 296 g/mol. The summed E-state index contributed by atoms with van der Waals surface area (Å²) in [6, 6.07) is 7.79. The van der Waals surface area contributed by atoms with Gasteiger partial charge in [0.1, 0.15) is 6.04 Å². The molecule has 0 aliphatic carbocycles. The van der Waals surface area contributed by atoms with E-state index in [0.717, 1.165) is 5.56 Å². The minimum atomic E-state index is -0.865. The van der Waals surface area contributed by atoms with Crippen molar-refractivity contribution in [3.63, 3.8) is 0 Å². The number of benzene rings is 1. The van der Waals surface area contributed by atoms with Crippen LogP contribution in [-0.4, -0.2) is 42.9 Å². The molecule has 23 heavy (non-hydrogen) atoms. The summed E-state index contributed by atoms with van der Waals surface area (Å²) in [6.45, 7) is 1.20. The molecule has 7 nitrogen and oxygen atoms in total. The van der Waals surface area contributed by atoms with Gasteiger partial charge < -0.3 is 11.1 Å². The SMILES string of the molecule is CNC(=O)C1CCN([C@H](C(=O)NC(N)=O)c2ccccc2)CC1. The van der Waals surface area contributed by atoms with E-state index in [9.17, 15) is 14.4 Å². The van der Waals surface area contributed by atoms with Crippen LogP contribution in [0.3, 0.4) is 0 Å². The highest BCUT2D eigenvalue weighted by Crippen LogP contribution is 2.27. The molecule has 1 aliphatic rings. The molecule has 124 valence electrons. The number of nitrogens with zero attached hydrogens (tertiary/aromatic N) is 1. The lowest BCUT2D eigenvalue weighted by atomic mass is 9.93. The summed E-state index contributed by atoms with van der Waals surface area (Å²) < 4.78 is 0. The summed E-state index contributed by atoms with van der Waals surface area (Å²) in [4.78, 5) is 37.1. The number of primary amides is 1. The number of carbonyl (C=O) groups excluding carboxylic acids is 3. The number of rotatable bonds is 4. The monoisotopic (exact) mass is 318 g/mol. The van der Waals surface area contributed by atoms with Crippen molar-refractivity contribution in [2.45, 2.75) is 18.9 Å². The minimum Gasteiger partial charge on any atom is -0.359 e. The number of imide groups is 1. The minimum absolute atomic E-state index is 0.0301. The van der Waals surface area contributed by atoms with Gasteiger partial charge in [-0.25, -0.2) is 4.79 Å². The molecule has 1 aromatic carbocycles. The first kappa shape index (κ1) is 17.0. The van der Waals surface area contributed by atoms with Gasteiger partial charge in [-0.3, -0.25) is 19.8 Å². The number of hydrogen-bond donors (Lipinski definition) is 3. The topological polar surface area (TPSA) is 105 Å². The standard InChI is InChI=1S/C16H22N4O3/c1-18-14(21)12-7-9-20(10-8-12)13(15(22)19-16(17)23)11-5-3-2-4-6-11/h2-6,12-13H,7-10H2,1H3,(H,18,21)(H3,17,19,22,23)/t13-/m0/s1. The van der Waals surface area contributed by atoms with Crippen molar-refractivity contribution in [2.24, 2.45) is 11.7 Å². The fourth-order valence-electron chi connectivity index (χ4n) is 2.98. The van der Waals surface area contributed by atoms with E-state index in [1.54, 1.807) is 7.05 Å². The van der Waals surface area contributed by atoms with Crippen LogP contribution in [-0.2, 0) is 9.59 Å². The molecule has 0 radical (unpaired) electrons. The van der Waals surface area contributed by atoms with Crippen molar-refractivity contribution in [3.8, 4) is 0 Å². The predicted octanol–water partition coefficient (Wildman–Crippen LogP) is 0.381. The van der Waals surface area contributed by atoms with Gasteiger partial charge in [0.2, 0.25) is 11.8 Å². The molecule has 0 saturated carbocycles. The molecule has 1 saturated heterocycles. The Morgan fingerprint density at radius 3 is 2.30 bits per heavy atom. The largest absolute Gasteiger partial charge is 0.359 e. The lowest BCUT2D eigenvalue weighted by Crippen LogP contribution is -2.48. The third-order valence-electron chi connectivity index (χ3n) is 4.12. The van der Waals surface area contributed by atoms with Gasteiger partial charge in [0.05, 0.1) is 0 Å². The van der Waals surface area contributed by atoms with E-state index < -0.39 is 18.0 Å². The Morgan fingerprint density at radius 1 is 1.17 bits per heavy atom. The Balaban J connectivity index is 2.14. The molecule has 0 bridgehead atoms. The van der Waals surface area contributed by atoms with Crippen molar-refractivity contribution in [1.82, 2.24) is 15.5 Å². The highest BCUT2D eigenvalue weighted by molar-refractivity contribution is 5.96. The first-order chi connectivity index (χ1) is 11.0. The van der Waals surface area contributed by atoms with Crippen LogP contribution < -0.4 is 16.4 Å². The number of carbonyl (C=O) groups is 3. The van der Waals surface area contributed by atoms with Gasteiger partial charge in [-0.2, -0.15) is 0 Å². The predicted molar refractivity (Wildman–Crippen MR) is 85.3 cm³/mol. The molecule has 0 unspecified atom stereocenters. The van der Waals surface area contributed by atoms with Gasteiger partial charge in [0.15, 0.2) is 0 Å². The van der Waals surface area contributed by atoms with Crippen LogP contribution in [0.4, 0.5) is 4.79 Å². The van der Waals surface area contributed by atoms with Crippen molar-refractivity contribution in [3.05, 3.63) is 35.9 Å². The summed E-state index contributed by atoms with van der Waals surface area (Å²) in [5.41, 5.74) is 5.87. The van der Waals surface area contributed by atoms with Crippen LogP contribution >= 0.6 is 0 Å². The zero-order chi connectivity index (χ0) is 16.8. The van der Waals surface area contributed by atoms with Crippen LogP contribution in [0.25, 0.3) is 0 Å². The van der Waals surface area contributed by atoms with E-state index in [2.05, 4.69) is 10.6 Å². The first-order valence-electron chi connectivity index (χ1n) is 7.63. The van der Waals surface area contributed by atoms with Crippen LogP contribution in [0.1, 0.15) is 24.4 Å². The molecule has 1 heterocycles. The van der Waals surface area contributed by atoms with E-state index >= 15 is 0 Å². The zero-order valence-corrected chi connectivity index (χ0v) is 13.1. The van der Waals surface area contributed by atoms with Crippen molar-refractivity contribution in [2.75, 3.05) is 20.1 Å². The molecule has 1 aromatic rings. The maximum absolute atomic E-state index is 12.4. The molecule has 7 heteroatoms. The van der Waals surface area contributed by atoms with Gasteiger partial charge in [-0.15, -0.1) is 0 Å². The second-order valence-electron chi connectivity index (χ2n) is 5.59. The fourth-order valence-corrected chi connectivity index (χ4v) is 2.98. The number of nitrogens with one attached hydrogen (secondary N) is 2. The Morgan fingerprint density at radius 2 is 1.78 bits per heavy atom. The van der Waals surface area contributed by atoms with Crippen LogP contribution in [0.5, 0.6) is 0 Å². The van der Waals surface area contributed by atoms with E-state index in [1.165, 1.54) is 0 Å². The fraction of sp³-hybridized carbons (Fsp3) is 0.438. The second kappa shape index (κ2) is 7.73. The third kappa shape index (κ3) is 4.29. The lowest BCUT2D eigenvalue weighted by molar-refractivity contribution is -0.128. The summed E-state index contributed by atoms with van der Waals surface area (Å²) in [7, 11) is 1.63. The van der Waals surface area contributed by atoms with Crippen molar-refractivity contribution >= 4 is 17.8 Å². The number of likely N-dealkylation sites (tertiary alicyclic amines) is 1. The quantitative estimate of drug-likeness (QED) is 0.746. The van der Waals surface area contributed by atoms with E-state index in [1.807, 2.05) is 35.2 Å². The molecule has 1 atom stereocenters. The number of urea groups is 1. The van der Waals surface area contributed by atoms with Crippen molar-refractivity contribution in [1.29, 1.82) is 0 Å². The highest BCUT2D eigenvalue weighted by atomic mass is 16.2. The average molecular weight is 318 g/mol. The van der Waals surface area contributed by atoms with Crippen LogP contribution in [0.2, 0.25) is 0 Å². The summed E-state index contributed by atoms with van der Waals surface area (Å²) in [6.07, 6.45) is 1.35. The lowest BCUT2D eigenvalue weighted by Gasteiger charge is -2.36. The smallest absolute Gasteiger partial charge is 0.318 e. The molecule has 0 aromatic heterocycles. The van der Waals surface area contributed by atoms with Gasteiger partial charge in [0, 0.05) is 13.0 Å². The van der Waals surface area contributed by atoms with E-state index in [0.29, 0.717) is 25.9 Å². The molecule has 1 aliphatic heterocycles. The maximum Gasteiger partial charge on any atom is 0.318 e. The summed E-state index contributed by atoms with van der Waals surface area (Å²) in [5.74, 6) is -0.448. The number of piperidine rings is 1. The van der Waals surface area contributed by atoms with Gasteiger partial charge in [-0.1, -0.05) is 30.3 Å². The Labute approximate surface area is 135 Å². The first-order valence-corrected chi connectivity index (χ1v) is 7.63. The second-order valence-corrected chi connectivity index (χ2v) is 5.59. The molecular formula is C16H22N4O3. The van der Waals surface area contributed by atoms with E-state index in [-0.39, 0.29) is 11.8 Å². The molecule has 2 rings (SSSR count). The normalized spacial score (nSPS) is 17.3. The van der Waals surface area contributed by atoms with E-state index in [4.69, 9.17) is 5.73 Å². The third-order valence-corrected chi connectivity index (χ3v) is 4.12. The van der Waals surface area contributed by atoms with Gasteiger partial charge >= 0.3 is 6.03 Å². The summed E-state index contributed by atoms with van der Waals surface area (Å²) in [5, 5.41) is 4.82. The highest BCUT2D eigenvalue weighted by Gasteiger charge is 2.33. The number of hydrogen-bond acceptors (Lipinski definition) is 4. The average Bonchev–Trinajstić information content (AvgIpc) is 2.55. The summed E-state index contributed by atoms with van der Waals surface area (Å²) >= 11 is 0. The maximum atomic E-state index is 12.4.